The number of methoxy groups -OCH3 is 1. The van der Waals surface area contributed by atoms with Gasteiger partial charge < -0.3 is 24.6 Å². The molecule has 1 aliphatic heterocycles. The minimum Gasteiger partial charge on any atom is -0.504 e. The molecule has 0 radical (unpaired) electrons. The summed E-state index contributed by atoms with van der Waals surface area (Å²) >= 11 is 0. The van der Waals surface area contributed by atoms with Gasteiger partial charge >= 0.3 is 5.97 Å². The van der Waals surface area contributed by atoms with Gasteiger partial charge in [-0.15, -0.1) is 0 Å². The number of aliphatic hydroxyl groups is 1. The highest BCUT2D eigenvalue weighted by Crippen LogP contribution is 2.46. The zero-order valence-corrected chi connectivity index (χ0v) is 15.9. The zero-order chi connectivity index (χ0) is 19.6. The lowest BCUT2D eigenvalue weighted by Crippen LogP contribution is -2.41. The molecule has 0 unspecified atom stereocenters. The van der Waals surface area contributed by atoms with Gasteiger partial charge in [-0.1, -0.05) is 13.0 Å². The van der Waals surface area contributed by atoms with E-state index in [9.17, 15) is 19.8 Å². The van der Waals surface area contributed by atoms with E-state index >= 15 is 0 Å². The molecular formula is C19H27NO6. The number of nitrogens with zero attached hydrogens (tertiary/aromatic N) is 1. The number of carbonyl (C=O) groups excluding carboxylic acids is 2. The molecule has 2 N–H and O–H groups in total. The van der Waals surface area contributed by atoms with E-state index in [2.05, 4.69) is 0 Å². The van der Waals surface area contributed by atoms with E-state index in [0.29, 0.717) is 18.8 Å². The molecule has 1 aliphatic rings. The maximum absolute atomic E-state index is 12.6. The molecule has 2 rings (SSSR count). The standard InChI is InChI=1S/C19H27NO6/c1-11(26-13(3)22)18(24)20-9-15(19(4,10-20)12(2)21)14-6-7-17(25-5)16(23)8-14/h6-8,11-12,15,21,23H,9-10H2,1-5H3/t11-,12+,15-,19-/m0/s1. The van der Waals surface area contributed by atoms with Gasteiger partial charge in [0.15, 0.2) is 17.6 Å². The summed E-state index contributed by atoms with van der Waals surface area (Å²) in [5, 5.41) is 20.5. The van der Waals surface area contributed by atoms with Crippen molar-refractivity contribution in [1.29, 1.82) is 0 Å². The number of hydrogen-bond donors (Lipinski definition) is 2. The maximum Gasteiger partial charge on any atom is 0.303 e. The summed E-state index contributed by atoms with van der Waals surface area (Å²) in [7, 11) is 1.47. The molecule has 26 heavy (non-hydrogen) atoms. The Bertz CT molecular complexity index is 689. The summed E-state index contributed by atoms with van der Waals surface area (Å²) in [6.45, 7) is 7.09. The lowest BCUT2D eigenvalue weighted by Gasteiger charge is -2.33. The summed E-state index contributed by atoms with van der Waals surface area (Å²) in [5.74, 6) is -0.627. The minimum absolute atomic E-state index is 0.0102. The zero-order valence-electron chi connectivity index (χ0n) is 15.9. The number of aliphatic hydroxyl groups excluding tert-OH is 1. The molecule has 0 saturated carbocycles. The predicted molar refractivity (Wildman–Crippen MR) is 95.0 cm³/mol. The van der Waals surface area contributed by atoms with Gasteiger partial charge in [-0.05, 0) is 31.5 Å². The monoisotopic (exact) mass is 365 g/mol. The lowest BCUT2D eigenvalue weighted by atomic mass is 9.72. The Hall–Kier alpha value is -2.28. The first-order valence-electron chi connectivity index (χ1n) is 8.61. The van der Waals surface area contributed by atoms with E-state index in [0.717, 1.165) is 5.56 Å². The van der Waals surface area contributed by atoms with Crippen molar-refractivity contribution in [3.8, 4) is 11.5 Å². The number of benzene rings is 1. The average Bonchev–Trinajstić information content (AvgIpc) is 2.92. The van der Waals surface area contributed by atoms with Gasteiger partial charge in [0.25, 0.3) is 5.91 Å². The quantitative estimate of drug-likeness (QED) is 0.771. The second-order valence-electron chi connectivity index (χ2n) is 7.14. The third kappa shape index (κ3) is 3.77. The first-order chi connectivity index (χ1) is 12.1. The van der Waals surface area contributed by atoms with E-state index in [4.69, 9.17) is 9.47 Å². The number of rotatable bonds is 5. The van der Waals surface area contributed by atoms with E-state index in [1.54, 1.807) is 24.0 Å². The van der Waals surface area contributed by atoms with Crippen LogP contribution in [0.4, 0.5) is 0 Å². The van der Waals surface area contributed by atoms with Gasteiger partial charge in [0.05, 0.1) is 13.2 Å². The van der Waals surface area contributed by atoms with Crippen molar-refractivity contribution >= 4 is 11.9 Å². The largest absolute Gasteiger partial charge is 0.504 e. The van der Waals surface area contributed by atoms with Crippen LogP contribution in [-0.4, -0.2) is 59.4 Å². The molecular weight excluding hydrogens is 338 g/mol. The number of likely N-dealkylation sites (tertiary alicyclic amines) is 1. The molecule has 1 heterocycles. The van der Waals surface area contributed by atoms with Crippen molar-refractivity contribution in [2.75, 3.05) is 20.2 Å². The highest BCUT2D eigenvalue weighted by Gasteiger charge is 2.49. The number of hydrogen-bond acceptors (Lipinski definition) is 6. The van der Waals surface area contributed by atoms with Gasteiger partial charge in [0.2, 0.25) is 0 Å². The number of esters is 1. The van der Waals surface area contributed by atoms with Crippen LogP contribution < -0.4 is 4.74 Å². The molecule has 1 aromatic carbocycles. The SMILES string of the molecule is COc1ccc([C@@H]2CN(C(=O)[C@H](C)OC(C)=O)C[C@@]2(C)[C@@H](C)O)cc1O. The van der Waals surface area contributed by atoms with Crippen molar-refractivity contribution in [3.05, 3.63) is 23.8 Å². The van der Waals surface area contributed by atoms with Crippen molar-refractivity contribution in [3.63, 3.8) is 0 Å². The Kier molecular flexibility index (Phi) is 5.81. The first-order valence-corrected chi connectivity index (χ1v) is 8.61. The van der Waals surface area contributed by atoms with Gasteiger partial charge in [0, 0.05) is 31.3 Å². The van der Waals surface area contributed by atoms with Crippen LogP contribution in [0.3, 0.4) is 0 Å². The van der Waals surface area contributed by atoms with Crippen LogP contribution in [0.5, 0.6) is 11.5 Å². The average molecular weight is 365 g/mol. The molecule has 7 nitrogen and oxygen atoms in total. The summed E-state index contributed by atoms with van der Waals surface area (Å²) < 4.78 is 10.1. The van der Waals surface area contributed by atoms with Gasteiger partial charge in [-0.3, -0.25) is 9.59 Å². The van der Waals surface area contributed by atoms with Crippen LogP contribution in [-0.2, 0) is 14.3 Å². The Morgan fingerprint density at radius 1 is 1.35 bits per heavy atom. The van der Waals surface area contributed by atoms with E-state index < -0.39 is 23.6 Å². The van der Waals surface area contributed by atoms with E-state index in [1.165, 1.54) is 21.0 Å². The second kappa shape index (κ2) is 7.53. The summed E-state index contributed by atoms with van der Waals surface area (Å²) in [6.07, 6.45) is -1.56. The highest BCUT2D eigenvalue weighted by molar-refractivity contribution is 5.83. The molecule has 1 amide bonds. The number of aromatic hydroxyl groups is 1. The normalized spacial score (nSPS) is 24.8. The first kappa shape index (κ1) is 20.0. The van der Waals surface area contributed by atoms with Gasteiger partial charge in [0.1, 0.15) is 0 Å². The summed E-state index contributed by atoms with van der Waals surface area (Å²) in [5.41, 5.74) is 0.203. The van der Waals surface area contributed by atoms with Crippen LogP contribution in [0.1, 0.15) is 39.2 Å². The van der Waals surface area contributed by atoms with Crippen molar-refractivity contribution < 1.29 is 29.3 Å². The second-order valence-corrected chi connectivity index (χ2v) is 7.14. The van der Waals surface area contributed by atoms with Gasteiger partial charge in [-0.25, -0.2) is 0 Å². The molecule has 7 heteroatoms. The molecule has 1 saturated heterocycles. The Balaban J connectivity index is 2.31. The summed E-state index contributed by atoms with van der Waals surface area (Å²) in [4.78, 5) is 25.4. The molecule has 1 aromatic rings. The Morgan fingerprint density at radius 2 is 2.00 bits per heavy atom. The molecule has 0 aliphatic carbocycles. The number of carbonyl (C=O) groups is 2. The third-order valence-electron chi connectivity index (χ3n) is 5.29. The van der Waals surface area contributed by atoms with Crippen LogP contribution in [0, 0.1) is 5.41 Å². The molecule has 0 bridgehead atoms. The number of ether oxygens (including phenoxy) is 2. The number of amides is 1. The number of phenols is 1. The smallest absolute Gasteiger partial charge is 0.303 e. The molecule has 0 aromatic heterocycles. The van der Waals surface area contributed by atoms with Crippen molar-refractivity contribution in [1.82, 2.24) is 4.90 Å². The Labute approximate surface area is 153 Å². The maximum atomic E-state index is 12.6. The van der Waals surface area contributed by atoms with E-state index in [1.807, 2.05) is 13.0 Å². The van der Waals surface area contributed by atoms with E-state index in [-0.39, 0.29) is 17.6 Å². The lowest BCUT2D eigenvalue weighted by molar-refractivity contribution is -0.157. The van der Waals surface area contributed by atoms with Crippen molar-refractivity contribution in [2.24, 2.45) is 5.41 Å². The predicted octanol–water partition coefficient (Wildman–Crippen LogP) is 1.67. The number of phenolic OH excluding ortho intramolecular Hbond substituents is 1. The molecule has 4 atom stereocenters. The van der Waals surface area contributed by atoms with Crippen molar-refractivity contribution in [2.45, 2.75) is 45.8 Å². The van der Waals surface area contributed by atoms with Crippen LogP contribution in [0.2, 0.25) is 0 Å². The minimum atomic E-state index is -0.881. The Morgan fingerprint density at radius 3 is 2.50 bits per heavy atom. The molecule has 1 fully saturated rings. The highest BCUT2D eigenvalue weighted by atomic mass is 16.5. The molecule has 144 valence electrons. The fourth-order valence-corrected chi connectivity index (χ4v) is 3.57. The molecule has 0 spiro atoms. The topological polar surface area (TPSA) is 96.3 Å². The van der Waals surface area contributed by atoms with Gasteiger partial charge in [-0.2, -0.15) is 0 Å². The van der Waals surface area contributed by atoms with Crippen LogP contribution >= 0.6 is 0 Å². The fraction of sp³-hybridized carbons (Fsp3) is 0.579. The third-order valence-corrected chi connectivity index (χ3v) is 5.29. The summed E-state index contributed by atoms with van der Waals surface area (Å²) in [6, 6.07) is 5.10. The van der Waals surface area contributed by atoms with Crippen LogP contribution in [0.25, 0.3) is 0 Å². The van der Waals surface area contributed by atoms with Crippen LogP contribution in [0.15, 0.2) is 18.2 Å². The fourth-order valence-electron chi connectivity index (χ4n) is 3.57.